The third kappa shape index (κ3) is 4.68. The van der Waals surface area contributed by atoms with Gasteiger partial charge >= 0.3 is 6.03 Å². The van der Waals surface area contributed by atoms with Crippen LogP contribution < -0.4 is 5.32 Å². The molecule has 0 saturated carbocycles. The molecule has 2 aliphatic heterocycles. The Morgan fingerprint density at radius 2 is 2.22 bits per heavy atom. The number of hydrogen-bond acceptors (Lipinski definition) is 4. The summed E-state index contributed by atoms with van der Waals surface area (Å²) in [6, 6.07) is 2.19. The van der Waals surface area contributed by atoms with Crippen molar-refractivity contribution in [1.82, 2.24) is 15.1 Å². The first-order chi connectivity index (χ1) is 11.2. The monoisotopic (exact) mass is 337 g/mol. The Kier molecular flexibility index (Phi) is 5.91. The molecule has 2 fully saturated rings. The summed E-state index contributed by atoms with van der Waals surface area (Å²) in [4.78, 5) is 18.2. The summed E-state index contributed by atoms with van der Waals surface area (Å²) in [5.74, 6) is 0.594. The normalized spacial score (nSPS) is 23.0. The molecule has 5 nitrogen and oxygen atoms in total. The van der Waals surface area contributed by atoms with Crippen LogP contribution in [0.2, 0.25) is 0 Å². The number of aryl methyl sites for hydroxylation is 1. The number of ether oxygens (including phenoxy) is 1. The average Bonchev–Trinajstić information content (AvgIpc) is 2.99. The number of hydrogen-bond donors (Lipinski definition) is 1. The van der Waals surface area contributed by atoms with E-state index in [1.54, 1.807) is 11.3 Å². The van der Waals surface area contributed by atoms with E-state index >= 15 is 0 Å². The molecule has 1 N–H and O–H groups in total. The second-order valence-electron chi connectivity index (χ2n) is 6.55. The highest BCUT2D eigenvalue weighted by Crippen LogP contribution is 2.19. The SMILES string of the molecule is Cc1ccsc1CNC(=O)N1CCC[C@@H](CN2CCOCC2)C1. The minimum atomic E-state index is 0.0875. The molecule has 1 atom stereocenters. The molecule has 0 spiro atoms. The highest BCUT2D eigenvalue weighted by Gasteiger charge is 2.25. The zero-order chi connectivity index (χ0) is 16.1. The fourth-order valence-corrected chi connectivity index (χ4v) is 4.25. The Bertz CT molecular complexity index is 514. The molecule has 0 aromatic carbocycles. The summed E-state index contributed by atoms with van der Waals surface area (Å²) in [5, 5.41) is 5.16. The molecule has 2 amide bonds. The molecule has 2 aliphatic rings. The molecule has 3 rings (SSSR count). The van der Waals surface area contributed by atoms with Crippen LogP contribution in [0.25, 0.3) is 0 Å². The summed E-state index contributed by atoms with van der Waals surface area (Å²) in [5.41, 5.74) is 1.26. The first-order valence-electron chi connectivity index (χ1n) is 8.58. The van der Waals surface area contributed by atoms with Gasteiger partial charge in [0.05, 0.1) is 19.8 Å². The molecule has 3 heterocycles. The van der Waals surface area contributed by atoms with Crippen LogP contribution in [0.15, 0.2) is 11.4 Å². The lowest BCUT2D eigenvalue weighted by Gasteiger charge is -2.36. The Hall–Kier alpha value is -1.11. The van der Waals surface area contributed by atoms with Gasteiger partial charge in [0.25, 0.3) is 0 Å². The molecule has 1 aromatic rings. The summed E-state index contributed by atoms with van der Waals surface area (Å²) >= 11 is 1.71. The molecule has 0 radical (unpaired) electrons. The largest absolute Gasteiger partial charge is 0.379 e. The molecule has 128 valence electrons. The number of nitrogens with zero attached hydrogens (tertiary/aromatic N) is 2. The van der Waals surface area contributed by atoms with Crippen molar-refractivity contribution < 1.29 is 9.53 Å². The molecule has 0 bridgehead atoms. The van der Waals surface area contributed by atoms with Gasteiger partial charge in [0.15, 0.2) is 0 Å². The maximum atomic E-state index is 12.4. The van der Waals surface area contributed by atoms with Crippen LogP contribution in [0.3, 0.4) is 0 Å². The van der Waals surface area contributed by atoms with Gasteiger partial charge in [-0.1, -0.05) is 0 Å². The maximum absolute atomic E-state index is 12.4. The third-order valence-electron chi connectivity index (χ3n) is 4.79. The van der Waals surface area contributed by atoms with E-state index in [1.807, 2.05) is 4.90 Å². The van der Waals surface area contributed by atoms with Crippen molar-refractivity contribution in [2.45, 2.75) is 26.3 Å². The molecule has 1 aromatic heterocycles. The van der Waals surface area contributed by atoms with Crippen molar-refractivity contribution >= 4 is 17.4 Å². The van der Waals surface area contributed by atoms with E-state index in [0.29, 0.717) is 12.5 Å². The lowest BCUT2D eigenvalue weighted by Crippen LogP contribution is -2.48. The predicted octanol–water partition coefficient (Wildman–Crippen LogP) is 2.31. The molecular formula is C17H27N3O2S. The first-order valence-corrected chi connectivity index (χ1v) is 9.46. The zero-order valence-electron chi connectivity index (χ0n) is 13.9. The van der Waals surface area contributed by atoms with Crippen molar-refractivity contribution in [3.05, 3.63) is 21.9 Å². The number of morpholine rings is 1. The smallest absolute Gasteiger partial charge is 0.317 e. The van der Waals surface area contributed by atoms with E-state index in [0.717, 1.165) is 52.4 Å². The van der Waals surface area contributed by atoms with E-state index in [4.69, 9.17) is 4.74 Å². The van der Waals surface area contributed by atoms with Crippen molar-refractivity contribution in [2.75, 3.05) is 45.9 Å². The van der Waals surface area contributed by atoms with Crippen LogP contribution in [0, 0.1) is 12.8 Å². The molecule has 0 unspecified atom stereocenters. The van der Waals surface area contributed by atoms with Crippen LogP contribution in [0.1, 0.15) is 23.3 Å². The van der Waals surface area contributed by atoms with Gasteiger partial charge in [-0.2, -0.15) is 0 Å². The summed E-state index contributed by atoms with van der Waals surface area (Å²) in [6.45, 7) is 9.34. The van der Waals surface area contributed by atoms with Gasteiger partial charge in [-0.05, 0) is 42.7 Å². The number of thiophene rings is 1. The standard InChI is InChI=1S/C17H27N3O2S/c1-14-4-10-23-16(14)11-18-17(21)20-5-2-3-15(13-20)12-19-6-8-22-9-7-19/h4,10,15H,2-3,5-9,11-13H2,1H3,(H,18,21)/t15-/m0/s1. The van der Waals surface area contributed by atoms with E-state index in [2.05, 4.69) is 28.6 Å². The van der Waals surface area contributed by atoms with E-state index in [-0.39, 0.29) is 6.03 Å². The van der Waals surface area contributed by atoms with Gasteiger partial charge in [-0.15, -0.1) is 11.3 Å². The quantitative estimate of drug-likeness (QED) is 0.917. The highest BCUT2D eigenvalue weighted by molar-refractivity contribution is 7.10. The minimum absolute atomic E-state index is 0.0875. The number of amides is 2. The fourth-order valence-electron chi connectivity index (χ4n) is 3.40. The highest BCUT2D eigenvalue weighted by atomic mass is 32.1. The molecular weight excluding hydrogens is 310 g/mol. The topological polar surface area (TPSA) is 44.8 Å². The first kappa shape index (κ1) is 16.7. The van der Waals surface area contributed by atoms with Crippen LogP contribution in [0.5, 0.6) is 0 Å². The van der Waals surface area contributed by atoms with Crippen LogP contribution >= 0.6 is 11.3 Å². The summed E-state index contributed by atoms with van der Waals surface area (Å²) < 4.78 is 5.41. The van der Waals surface area contributed by atoms with Crippen LogP contribution in [0.4, 0.5) is 4.79 Å². The Morgan fingerprint density at radius 1 is 1.39 bits per heavy atom. The Morgan fingerprint density at radius 3 is 2.96 bits per heavy atom. The number of urea groups is 1. The van der Waals surface area contributed by atoms with Gasteiger partial charge in [0, 0.05) is 37.6 Å². The number of piperidine rings is 1. The van der Waals surface area contributed by atoms with Crippen molar-refractivity contribution in [2.24, 2.45) is 5.92 Å². The number of nitrogens with one attached hydrogen (secondary N) is 1. The molecule has 23 heavy (non-hydrogen) atoms. The number of carbonyl (C=O) groups excluding carboxylic acids is 1. The van der Waals surface area contributed by atoms with Gasteiger partial charge in [0.1, 0.15) is 0 Å². The van der Waals surface area contributed by atoms with E-state index in [9.17, 15) is 4.79 Å². The zero-order valence-corrected chi connectivity index (χ0v) is 14.7. The summed E-state index contributed by atoms with van der Waals surface area (Å²) in [7, 11) is 0. The van der Waals surface area contributed by atoms with Gasteiger partial charge in [-0.25, -0.2) is 4.79 Å². The van der Waals surface area contributed by atoms with Crippen LogP contribution in [-0.2, 0) is 11.3 Å². The molecule has 0 aliphatic carbocycles. The minimum Gasteiger partial charge on any atom is -0.379 e. The Labute approximate surface area is 142 Å². The third-order valence-corrected chi connectivity index (χ3v) is 5.82. The lowest BCUT2D eigenvalue weighted by molar-refractivity contribution is 0.0249. The molecule has 2 saturated heterocycles. The number of rotatable bonds is 4. The predicted molar refractivity (Wildman–Crippen MR) is 92.8 cm³/mol. The fraction of sp³-hybridized carbons (Fsp3) is 0.706. The Balaban J connectivity index is 1.45. The van der Waals surface area contributed by atoms with E-state index < -0.39 is 0 Å². The van der Waals surface area contributed by atoms with Crippen molar-refractivity contribution in [1.29, 1.82) is 0 Å². The van der Waals surface area contributed by atoms with Crippen LogP contribution in [-0.4, -0.2) is 61.8 Å². The second kappa shape index (κ2) is 8.13. The molecule has 6 heteroatoms. The van der Waals surface area contributed by atoms with Gasteiger partial charge < -0.3 is 15.0 Å². The summed E-state index contributed by atoms with van der Waals surface area (Å²) in [6.07, 6.45) is 2.34. The number of carbonyl (C=O) groups is 1. The lowest BCUT2D eigenvalue weighted by atomic mass is 9.97. The number of likely N-dealkylation sites (tertiary alicyclic amines) is 1. The maximum Gasteiger partial charge on any atom is 0.317 e. The van der Waals surface area contributed by atoms with Gasteiger partial charge in [0.2, 0.25) is 0 Å². The van der Waals surface area contributed by atoms with E-state index in [1.165, 1.54) is 16.9 Å². The average molecular weight is 337 g/mol. The van der Waals surface area contributed by atoms with Gasteiger partial charge in [-0.3, -0.25) is 4.90 Å². The second-order valence-corrected chi connectivity index (χ2v) is 7.55. The van der Waals surface area contributed by atoms with Crippen molar-refractivity contribution in [3.63, 3.8) is 0 Å². The van der Waals surface area contributed by atoms with Crippen molar-refractivity contribution in [3.8, 4) is 0 Å².